The zero-order valence-electron chi connectivity index (χ0n) is 22.6. The number of anilines is 1. The Hall–Kier alpha value is -1.64. The molecule has 8 heteroatoms. The molecular weight excluding hydrogens is 495 g/mol. The molecule has 1 aromatic rings. The fourth-order valence-electron chi connectivity index (χ4n) is 9.54. The van der Waals surface area contributed by atoms with Gasteiger partial charge < -0.3 is 20.6 Å². The lowest BCUT2D eigenvalue weighted by atomic mass is 9.43. The van der Waals surface area contributed by atoms with Crippen LogP contribution in [0.5, 0.6) is 0 Å². The SMILES string of the molecule is C[C@H](CCC(=O)Nc1cc(F)c(F)c(F)c1)[C@@H]1CC[C@@H]2[C@@H]3[C@H](O)C[C@H]4C[C@H](O)CC[C@]4(C)[C@@H]3C[C@H](O)[C@@]21C. The Morgan fingerprint density at radius 1 is 1.03 bits per heavy atom. The number of hydrogen-bond acceptors (Lipinski definition) is 4. The maximum atomic E-state index is 13.5. The number of carbonyl (C=O) groups is 1. The second-order valence-electron chi connectivity index (χ2n) is 13.3. The van der Waals surface area contributed by atoms with Crippen LogP contribution >= 0.6 is 0 Å². The van der Waals surface area contributed by atoms with E-state index in [0.29, 0.717) is 19.3 Å². The molecule has 0 bridgehead atoms. The average molecular weight is 538 g/mol. The van der Waals surface area contributed by atoms with Crippen LogP contribution in [0.25, 0.3) is 0 Å². The van der Waals surface area contributed by atoms with Crippen molar-refractivity contribution in [2.45, 2.75) is 96.9 Å². The topological polar surface area (TPSA) is 89.8 Å². The van der Waals surface area contributed by atoms with E-state index in [9.17, 15) is 33.3 Å². The lowest BCUT2D eigenvalue weighted by Crippen LogP contribution is -2.62. The van der Waals surface area contributed by atoms with Gasteiger partial charge in [0.2, 0.25) is 5.91 Å². The largest absolute Gasteiger partial charge is 0.393 e. The van der Waals surface area contributed by atoms with Gasteiger partial charge in [-0.3, -0.25) is 4.79 Å². The molecule has 4 aliphatic rings. The van der Waals surface area contributed by atoms with Crippen molar-refractivity contribution in [3.8, 4) is 0 Å². The molecule has 1 aromatic carbocycles. The van der Waals surface area contributed by atoms with Crippen LogP contribution in [-0.4, -0.2) is 39.5 Å². The first kappa shape index (κ1) is 27.9. The smallest absolute Gasteiger partial charge is 0.224 e. The van der Waals surface area contributed by atoms with Crippen molar-refractivity contribution >= 4 is 11.6 Å². The van der Waals surface area contributed by atoms with Gasteiger partial charge in [-0.25, -0.2) is 13.2 Å². The summed E-state index contributed by atoms with van der Waals surface area (Å²) in [6, 6.07) is 1.54. The Labute approximate surface area is 223 Å². The highest BCUT2D eigenvalue weighted by atomic mass is 19.2. The van der Waals surface area contributed by atoms with Crippen molar-refractivity contribution in [3.05, 3.63) is 29.6 Å². The molecule has 0 heterocycles. The minimum absolute atomic E-state index is 0.0204. The van der Waals surface area contributed by atoms with Crippen LogP contribution in [-0.2, 0) is 4.79 Å². The summed E-state index contributed by atoms with van der Waals surface area (Å²) in [5.41, 5.74) is -0.459. The summed E-state index contributed by atoms with van der Waals surface area (Å²) >= 11 is 0. The fraction of sp³-hybridized carbons (Fsp3) is 0.767. The summed E-state index contributed by atoms with van der Waals surface area (Å²) in [5.74, 6) is -3.53. The lowest BCUT2D eigenvalue weighted by Gasteiger charge is -2.63. The number of hydrogen-bond donors (Lipinski definition) is 4. The predicted octanol–water partition coefficient (Wildman–Crippen LogP) is 5.42. The molecule has 38 heavy (non-hydrogen) atoms. The Balaban J connectivity index is 1.27. The Morgan fingerprint density at radius 2 is 1.71 bits per heavy atom. The van der Waals surface area contributed by atoms with E-state index in [0.717, 1.165) is 44.2 Å². The van der Waals surface area contributed by atoms with E-state index in [1.54, 1.807) is 0 Å². The maximum absolute atomic E-state index is 13.5. The second kappa shape index (κ2) is 10.1. The quantitative estimate of drug-likeness (QED) is 0.378. The van der Waals surface area contributed by atoms with E-state index in [1.807, 2.05) is 0 Å². The van der Waals surface area contributed by atoms with Crippen molar-refractivity contribution < 1.29 is 33.3 Å². The molecule has 212 valence electrons. The van der Waals surface area contributed by atoms with Gasteiger partial charge in [0.25, 0.3) is 0 Å². The highest BCUT2D eigenvalue weighted by Gasteiger charge is 2.65. The molecule has 0 aliphatic heterocycles. The van der Waals surface area contributed by atoms with Crippen LogP contribution in [0, 0.1) is 63.8 Å². The number of nitrogens with one attached hydrogen (secondary N) is 1. The van der Waals surface area contributed by atoms with Crippen molar-refractivity contribution in [1.82, 2.24) is 0 Å². The highest BCUT2D eigenvalue weighted by Crippen LogP contribution is 2.68. The minimum Gasteiger partial charge on any atom is -0.393 e. The first-order chi connectivity index (χ1) is 17.9. The number of halogens is 3. The van der Waals surface area contributed by atoms with Crippen LogP contribution in [0.3, 0.4) is 0 Å². The predicted molar refractivity (Wildman–Crippen MR) is 137 cm³/mol. The van der Waals surface area contributed by atoms with Crippen molar-refractivity contribution in [2.24, 2.45) is 46.3 Å². The molecule has 4 N–H and O–H groups in total. The van der Waals surface area contributed by atoms with Crippen LogP contribution < -0.4 is 5.32 Å². The molecule has 0 aromatic heterocycles. The standard InChI is InChI=1S/C30H42F3NO4/c1-15(4-7-26(38)34-17-12-22(31)28(33)23(32)13-17)19-5-6-20-27-21(14-25(37)30(19,20)3)29(2)9-8-18(35)10-16(29)11-24(27)36/h12-13,15-16,18-21,24-25,27,35-37H,4-11,14H2,1-3H3,(H,34,38)/t15-,16-,18-,19+,20-,21-,24-,25+,27+,29+,30-/m1/s1. The third-order valence-electron chi connectivity index (χ3n) is 11.6. The Kier molecular flexibility index (Phi) is 7.40. The van der Waals surface area contributed by atoms with Crippen LogP contribution in [0.4, 0.5) is 18.9 Å². The number of benzene rings is 1. The van der Waals surface area contributed by atoms with E-state index < -0.39 is 35.6 Å². The van der Waals surface area contributed by atoms with E-state index in [2.05, 4.69) is 26.1 Å². The summed E-state index contributed by atoms with van der Waals surface area (Å²) in [7, 11) is 0. The third-order valence-corrected chi connectivity index (χ3v) is 11.6. The lowest BCUT2D eigenvalue weighted by molar-refractivity contribution is -0.207. The molecule has 4 fully saturated rings. The van der Waals surface area contributed by atoms with Gasteiger partial charge in [-0.1, -0.05) is 20.8 Å². The summed E-state index contributed by atoms with van der Waals surface area (Å²) in [6.07, 6.45) is 5.12. The average Bonchev–Trinajstić information content (AvgIpc) is 3.21. The van der Waals surface area contributed by atoms with Gasteiger partial charge in [-0.15, -0.1) is 0 Å². The third kappa shape index (κ3) is 4.48. The highest BCUT2D eigenvalue weighted by molar-refractivity contribution is 5.90. The van der Waals surface area contributed by atoms with E-state index in [-0.39, 0.29) is 64.5 Å². The first-order valence-corrected chi connectivity index (χ1v) is 14.3. The molecular formula is C30H42F3NO4. The summed E-state index contributed by atoms with van der Waals surface area (Å²) in [6.45, 7) is 6.58. The van der Waals surface area contributed by atoms with Crippen LogP contribution in [0.2, 0.25) is 0 Å². The van der Waals surface area contributed by atoms with Gasteiger partial charge in [0.15, 0.2) is 17.5 Å². The monoisotopic (exact) mass is 537 g/mol. The van der Waals surface area contributed by atoms with Crippen molar-refractivity contribution in [2.75, 3.05) is 5.32 Å². The number of aliphatic hydroxyl groups is 3. The normalized spacial score (nSPS) is 43.1. The summed E-state index contributed by atoms with van der Waals surface area (Å²) < 4.78 is 40.2. The molecule has 11 atom stereocenters. The van der Waals surface area contributed by atoms with E-state index in [4.69, 9.17) is 0 Å². The van der Waals surface area contributed by atoms with Gasteiger partial charge in [-0.2, -0.15) is 0 Å². The number of aliphatic hydroxyl groups excluding tert-OH is 3. The molecule has 0 unspecified atom stereocenters. The zero-order valence-corrected chi connectivity index (χ0v) is 22.6. The minimum atomic E-state index is -1.57. The van der Waals surface area contributed by atoms with Crippen molar-refractivity contribution in [1.29, 1.82) is 0 Å². The summed E-state index contributed by atoms with van der Waals surface area (Å²) in [5, 5.41) is 35.8. The first-order valence-electron chi connectivity index (χ1n) is 14.3. The second-order valence-corrected chi connectivity index (χ2v) is 13.3. The summed E-state index contributed by atoms with van der Waals surface area (Å²) in [4.78, 5) is 12.5. The fourth-order valence-corrected chi connectivity index (χ4v) is 9.54. The van der Waals surface area contributed by atoms with Crippen LogP contribution in [0.15, 0.2) is 12.1 Å². The number of carbonyl (C=O) groups excluding carboxylic acids is 1. The molecule has 5 rings (SSSR count). The van der Waals surface area contributed by atoms with E-state index >= 15 is 0 Å². The Morgan fingerprint density at radius 3 is 2.39 bits per heavy atom. The molecule has 0 saturated heterocycles. The zero-order chi connectivity index (χ0) is 27.6. The van der Waals surface area contributed by atoms with Gasteiger partial charge >= 0.3 is 0 Å². The molecule has 5 nitrogen and oxygen atoms in total. The van der Waals surface area contributed by atoms with E-state index in [1.165, 1.54) is 0 Å². The molecule has 0 radical (unpaired) electrons. The van der Waals surface area contributed by atoms with Gasteiger partial charge in [0.05, 0.1) is 18.3 Å². The number of rotatable bonds is 5. The maximum Gasteiger partial charge on any atom is 0.224 e. The van der Waals surface area contributed by atoms with Gasteiger partial charge in [0, 0.05) is 24.2 Å². The number of fused-ring (bicyclic) bond motifs is 5. The Bertz CT molecular complexity index is 1050. The molecule has 0 spiro atoms. The molecule has 1 amide bonds. The van der Waals surface area contributed by atoms with Crippen LogP contribution in [0.1, 0.15) is 78.6 Å². The number of amides is 1. The van der Waals surface area contributed by atoms with Crippen molar-refractivity contribution in [3.63, 3.8) is 0 Å². The van der Waals surface area contributed by atoms with Gasteiger partial charge in [-0.05, 0) is 97.7 Å². The van der Waals surface area contributed by atoms with Gasteiger partial charge in [0.1, 0.15) is 0 Å². The molecule has 4 saturated carbocycles. The molecule has 4 aliphatic carbocycles.